The number of primary sulfonamides is 1. The van der Waals surface area contributed by atoms with Gasteiger partial charge in [0.1, 0.15) is 0 Å². The molecular formula is C18H19N5O3S2. The van der Waals surface area contributed by atoms with Crippen molar-refractivity contribution in [2.45, 2.75) is 29.1 Å². The number of H-pyrrole nitrogens is 1. The molecule has 4 N–H and O–H groups in total. The highest BCUT2D eigenvalue weighted by Crippen LogP contribution is 2.24. The summed E-state index contributed by atoms with van der Waals surface area (Å²) in [5.41, 5.74) is 2.54. The Bertz CT molecular complexity index is 1080. The monoisotopic (exact) mass is 417 g/mol. The third-order valence-electron chi connectivity index (χ3n) is 3.89. The number of nitrogens with zero attached hydrogens (tertiary/aromatic N) is 2. The molecule has 28 heavy (non-hydrogen) atoms. The van der Waals surface area contributed by atoms with Crippen molar-refractivity contribution in [2.24, 2.45) is 5.14 Å². The standard InChI is InChI=1S/C18H19N5O3S2/c1-11-3-5-13(6-4-11)16-21-18(23-22-16)27-12(2)17(24)20-14-7-9-15(10-8-14)28(19,25)26/h3-10,12H,1-2H3,(H,20,24)(H2,19,25,26)(H,21,22,23)/t12-/m0/s1. The van der Waals surface area contributed by atoms with Crippen LogP contribution >= 0.6 is 11.8 Å². The van der Waals surface area contributed by atoms with E-state index in [1.54, 1.807) is 6.92 Å². The number of nitrogens with two attached hydrogens (primary N) is 1. The van der Waals surface area contributed by atoms with E-state index in [9.17, 15) is 13.2 Å². The van der Waals surface area contributed by atoms with Crippen LogP contribution < -0.4 is 10.5 Å². The lowest BCUT2D eigenvalue weighted by atomic mass is 10.1. The first-order valence-electron chi connectivity index (χ1n) is 8.32. The summed E-state index contributed by atoms with van der Waals surface area (Å²) in [5.74, 6) is 0.378. The van der Waals surface area contributed by atoms with Gasteiger partial charge in [-0.25, -0.2) is 18.5 Å². The second-order valence-corrected chi connectivity index (χ2v) is 9.02. The van der Waals surface area contributed by atoms with Gasteiger partial charge >= 0.3 is 0 Å². The van der Waals surface area contributed by atoms with E-state index in [0.717, 1.165) is 11.1 Å². The summed E-state index contributed by atoms with van der Waals surface area (Å²) < 4.78 is 22.5. The second kappa shape index (κ2) is 8.13. The molecular weight excluding hydrogens is 398 g/mol. The summed E-state index contributed by atoms with van der Waals surface area (Å²) >= 11 is 1.22. The number of carbonyl (C=O) groups is 1. The summed E-state index contributed by atoms with van der Waals surface area (Å²) in [7, 11) is -3.76. The molecule has 0 aliphatic rings. The van der Waals surface area contributed by atoms with Gasteiger partial charge in [-0.3, -0.25) is 9.89 Å². The Labute approximate surface area is 167 Å². The van der Waals surface area contributed by atoms with Crippen molar-refractivity contribution >= 4 is 33.4 Å². The van der Waals surface area contributed by atoms with Gasteiger partial charge in [0.2, 0.25) is 21.1 Å². The maximum atomic E-state index is 12.4. The fourth-order valence-electron chi connectivity index (χ4n) is 2.32. The number of amides is 1. The molecule has 2 aromatic carbocycles. The fraction of sp³-hybridized carbons (Fsp3) is 0.167. The average Bonchev–Trinajstić information content (AvgIpc) is 3.10. The van der Waals surface area contributed by atoms with E-state index in [1.807, 2.05) is 31.2 Å². The molecule has 1 atom stereocenters. The average molecular weight is 418 g/mol. The predicted octanol–water partition coefficient (Wildman–Crippen LogP) is 2.55. The number of rotatable bonds is 6. The zero-order chi connectivity index (χ0) is 20.3. The Balaban J connectivity index is 1.62. The maximum Gasteiger partial charge on any atom is 0.238 e. The molecule has 0 radical (unpaired) electrons. The second-order valence-electron chi connectivity index (χ2n) is 6.15. The van der Waals surface area contributed by atoms with Crippen molar-refractivity contribution in [2.75, 3.05) is 5.32 Å². The van der Waals surface area contributed by atoms with Gasteiger partial charge in [0.05, 0.1) is 10.1 Å². The number of hydrogen-bond donors (Lipinski definition) is 3. The van der Waals surface area contributed by atoms with Gasteiger partial charge < -0.3 is 5.32 Å². The molecule has 3 rings (SSSR count). The Hall–Kier alpha value is -2.69. The number of benzene rings is 2. The van der Waals surface area contributed by atoms with E-state index in [2.05, 4.69) is 20.5 Å². The van der Waals surface area contributed by atoms with E-state index in [-0.39, 0.29) is 10.8 Å². The van der Waals surface area contributed by atoms with Crippen LogP contribution in [0.4, 0.5) is 5.69 Å². The van der Waals surface area contributed by atoms with Crippen LogP contribution in [0.2, 0.25) is 0 Å². The van der Waals surface area contributed by atoms with Crippen LogP contribution in [0.3, 0.4) is 0 Å². The summed E-state index contributed by atoms with van der Waals surface area (Å²) in [4.78, 5) is 16.8. The Morgan fingerprint density at radius 1 is 1.14 bits per heavy atom. The zero-order valence-electron chi connectivity index (χ0n) is 15.2. The molecule has 0 saturated heterocycles. The van der Waals surface area contributed by atoms with Gasteiger partial charge in [-0.15, -0.1) is 5.10 Å². The molecule has 0 saturated carbocycles. The number of aromatic amines is 1. The molecule has 8 nitrogen and oxygen atoms in total. The van der Waals surface area contributed by atoms with Crippen molar-refractivity contribution in [3.8, 4) is 11.4 Å². The molecule has 0 aliphatic heterocycles. The molecule has 3 aromatic rings. The molecule has 1 heterocycles. The van der Waals surface area contributed by atoms with Crippen molar-refractivity contribution in [1.82, 2.24) is 15.2 Å². The summed E-state index contributed by atoms with van der Waals surface area (Å²) in [5, 5.41) is 14.8. The molecule has 0 unspecified atom stereocenters. The van der Waals surface area contributed by atoms with Crippen molar-refractivity contribution in [3.63, 3.8) is 0 Å². The highest BCUT2D eigenvalue weighted by Gasteiger charge is 2.18. The van der Waals surface area contributed by atoms with E-state index in [4.69, 9.17) is 5.14 Å². The first kappa shape index (κ1) is 20.1. The molecule has 146 valence electrons. The SMILES string of the molecule is Cc1ccc(-c2nc(S[C@@H](C)C(=O)Nc3ccc(S(N)(=O)=O)cc3)n[nH]2)cc1. The topological polar surface area (TPSA) is 131 Å². The lowest BCUT2D eigenvalue weighted by molar-refractivity contribution is -0.115. The quantitative estimate of drug-likeness (QED) is 0.528. The zero-order valence-corrected chi connectivity index (χ0v) is 16.8. The Morgan fingerprint density at radius 2 is 1.79 bits per heavy atom. The summed E-state index contributed by atoms with van der Waals surface area (Å²) in [6.07, 6.45) is 0. The number of sulfonamides is 1. The highest BCUT2D eigenvalue weighted by atomic mass is 32.2. The number of carbonyl (C=O) groups excluding carboxylic acids is 1. The predicted molar refractivity (Wildman–Crippen MR) is 108 cm³/mol. The number of thioether (sulfide) groups is 1. The molecule has 1 aromatic heterocycles. The number of nitrogens with one attached hydrogen (secondary N) is 2. The smallest absolute Gasteiger partial charge is 0.238 e. The number of aromatic nitrogens is 3. The summed E-state index contributed by atoms with van der Waals surface area (Å²) in [6.45, 7) is 3.74. The van der Waals surface area contributed by atoms with E-state index < -0.39 is 15.3 Å². The van der Waals surface area contributed by atoms with Crippen LogP contribution in [-0.2, 0) is 14.8 Å². The molecule has 0 bridgehead atoms. The minimum atomic E-state index is -3.76. The van der Waals surface area contributed by atoms with Crippen molar-refractivity contribution in [1.29, 1.82) is 0 Å². The third kappa shape index (κ3) is 4.97. The number of hydrogen-bond acceptors (Lipinski definition) is 6. The van der Waals surface area contributed by atoms with Crippen molar-refractivity contribution < 1.29 is 13.2 Å². The van der Waals surface area contributed by atoms with Gasteiger partial charge in [0, 0.05) is 11.3 Å². The van der Waals surface area contributed by atoms with E-state index >= 15 is 0 Å². The van der Waals surface area contributed by atoms with E-state index in [1.165, 1.54) is 36.0 Å². The minimum absolute atomic E-state index is 0.0164. The first-order chi connectivity index (χ1) is 13.2. The van der Waals surface area contributed by atoms with Crippen molar-refractivity contribution in [3.05, 3.63) is 54.1 Å². The maximum absolute atomic E-state index is 12.4. The largest absolute Gasteiger partial charge is 0.325 e. The number of anilines is 1. The molecule has 0 aliphatic carbocycles. The van der Waals surface area contributed by atoms with Crippen LogP contribution in [0.25, 0.3) is 11.4 Å². The summed E-state index contributed by atoms with van der Waals surface area (Å²) in [6, 6.07) is 13.5. The molecule has 0 spiro atoms. The van der Waals surface area contributed by atoms with Gasteiger partial charge in [-0.1, -0.05) is 41.6 Å². The highest BCUT2D eigenvalue weighted by molar-refractivity contribution is 8.00. The first-order valence-corrected chi connectivity index (χ1v) is 10.7. The fourth-order valence-corrected chi connectivity index (χ4v) is 3.56. The normalized spacial score (nSPS) is 12.5. The van der Waals surface area contributed by atoms with Crippen LogP contribution in [-0.4, -0.2) is 34.8 Å². The van der Waals surface area contributed by atoms with Crippen LogP contribution in [0.5, 0.6) is 0 Å². The van der Waals surface area contributed by atoms with E-state index in [0.29, 0.717) is 16.7 Å². The van der Waals surface area contributed by atoms with Crippen LogP contribution in [0.15, 0.2) is 58.6 Å². The lowest BCUT2D eigenvalue weighted by Crippen LogP contribution is -2.22. The van der Waals surface area contributed by atoms with Gasteiger partial charge in [0.15, 0.2) is 5.82 Å². The third-order valence-corrected chi connectivity index (χ3v) is 5.78. The Kier molecular flexibility index (Phi) is 5.82. The van der Waals surface area contributed by atoms with Gasteiger partial charge in [-0.2, -0.15) is 0 Å². The Morgan fingerprint density at radius 3 is 2.39 bits per heavy atom. The van der Waals surface area contributed by atoms with Gasteiger partial charge in [-0.05, 0) is 38.1 Å². The molecule has 1 amide bonds. The van der Waals surface area contributed by atoms with Crippen LogP contribution in [0.1, 0.15) is 12.5 Å². The molecule has 0 fully saturated rings. The van der Waals surface area contributed by atoms with Crippen LogP contribution in [0, 0.1) is 6.92 Å². The lowest BCUT2D eigenvalue weighted by Gasteiger charge is -2.10. The van der Waals surface area contributed by atoms with Gasteiger partial charge in [0.25, 0.3) is 0 Å². The minimum Gasteiger partial charge on any atom is -0.325 e. The number of aryl methyl sites for hydroxylation is 1. The molecule has 10 heteroatoms.